The number of phenols is 1. The quantitative estimate of drug-likeness (QED) is 0.219. The van der Waals surface area contributed by atoms with Crippen LogP contribution in [0.1, 0.15) is 18.1 Å². The van der Waals surface area contributed by atoms with Crippen LogP contribution in [0.25, 0.3) is 21.3 Å². The van der Waals surface area contributed by atoms with E-state index in [1.807, 2.05) is 24.4 Å². The second-order valence-electron chi connectivity index (χ2n) is 7.11. The molecule has 0 fully saturated rings. The molecular weight excluding hydrogens is 430 g/mol. The third kappa shape index (κ3) is 4.65. The van der Waals surface area contributed by atoms with Crippen molar-refractivity contribution in [2.45, 2.75) is 25.4 Å². The Bertz CT molecular complexity index is 1310. The molecular formula is C23H21N3O3S2. The van der Waals surface area contributed by atoms with Crippen LogP contribution in [-0.2, 0) is 11.2 Å². The number of hydrogen-bond donors (Lipinski definition) is 3. The highest BCUT2D eigenvalue weighted by atomic mass is 32.2. The second-order valence-corrected chi connectivity index (χ2v) is 8.93. The number of fused-ring (bicyclic) bond motifs is 1. The minimum absolute atomic E-state index is 0.00925. The number of amides is 1. The molecule has 3 N–H and O–H groups in total. The summed E-state index contributed by atoms with van der Waals surface area (Å²) in [6.07, 6.45) is 0.963. The van der Waals surface area contributed by atoms with Gasteiger partial charge in [0.1, 0.15) is 10.6 Å². The van der Waals surface area contributed by atoms with Crippen LogP contribution in [0.4, 0.5) is 5.69 Å². The van der Waals surface area contributed by atoms with Crippen molar-refractivity contribution in [3.05, 3.63) is 69.3 Å². The first-order valence-electron chi connectivity index (χ1n) is 9.77. The predicted molar refractivity (Wildman–Crippen MR) is 127 cm³/mol. The Kier molecular flexibility index (Phi) is 6.11. The Labute approximate surface area is 187 Å². The van der Waals surface area contributed by atoms with Gasteiger partial charge in [-0.2, -0.15) is 0 Å². The number of H-pyrrole nitrogens is 1. The molecule has 0 saturated carbocycles. The molecule has 4 aromatic rings. The van der Waals surface area contributed by atoms with Gasteiger partial charge in [-0.25, -0.2) is 4.98 Å². The molecule has 8 heteroatoms. The first-order valence-corrected chi connectivity index (χ1v) is 11.6. The predicted octanol–water partition coefficient (Wildman–Crippen LogP) is 4.96. The van der Waals surface area contributed by atoms with E-state index in [0.717, 1.165) is 34.9 Å². The number of carbonyl (C=O) groups is 1. The van der Waals surface area contributed by atoms with Crippen LogP contribution in [-0.4, -0.2) is 26.7 Å². The van der Waals surface area contributed by atoms with Gasteiger partial charge in [0.2, 0.25) is 5.91 Å². The number of phenolic OH excluding ortho intramolecular Hbond substituents is 1. The smallest absolute Gasteiger partial charge is 0.260 e. The highest BCUT2D eigenvalue weighted by Gasteiger charge is 2.14. The summed E-state index contributed by atoms with van der Waals surface area (Å²) >= 11 is 2.55. The maximum Gasteiger partial charge on any atom is 0.260 e. The molecule has 0 spiro atoms. The highest BCUT2D eigenvalue weighted by molar-refractivity contribution is 7.99. The van der Waals surface area contributed by atoms with Gasteiger partial charge in [0, 0.05) is 10.9 Å². The summed E-state index contributed by atoms with van der Waals surface area (Å²) in [5, 5.41) is 15.4. The number of thiophene rings is 1. The number of aromatic nitrogens is 2. The normalized spacial score (nSPS) is 11.0. The van der Waals surface area contributed by atoms with Crippen LogP contribution in [0.3, 0.4) is 0 Å². The number of thioether (sulfide) groups is 1. The molecule has 158 valence electrons. The molecule has 0 radical (unpaired) electrons. The molecule has 31 heavy (non-hydrogen) atoms. The van der Waals surface area contributed by atoms with Gasteiger partial charge in [-0.15, -0.1) is 11.3 Å². The maximum absolute atomic E-state index is 12.8. The van der Waals surface area contributed by atoms with Gasteiger partial charge in [0.05, 0.1) is 16.8 Å². The minimum Gasteiger partial charge on any atom is -0.506 e. The summed E-state index contributed by atoms with van der Waals surface area (Å²) in [7, 11) is 0. The Balaban J connectivity index is 1.51. The zero-order valence-corrected chi connectivity index (χ0v) is 18.7. The lowest BCUT2D eigenvalue weighted by Crippen LogP contribution is -2.15. The van der Waals surface area contributed by atoms with Crippen molar-refractivity contribution in [3.63, 3.8) is 0 Å². The maximum atomic E-state index is 12.8. The number of aromatic hydroxyl groups is 1. The molecule has 2 aromatic carbocycles. The molecule has 2 heterocycles. The van der Waals surface area contributed by atoms with Gasteiger partial charge in [-0.1, -0.05) is 49.0 Å². The molecule has 0 unspecified atom stereocenters. The lowest BCUT2D eigenvalue weighted by molar-refractivity contribution is -0.113. The van der Waals surface area contributed by atoms with Crippen LogP contribution >= 0.6 is 23.1 Å². The fourth-order valence-electron chi connectivity index (χ4n) is 3.20. The average Bonchev–Trinajstić information content (AvgIpc) is 3.19. The number of anilines is 1. The van der Waals surface area contributed by atoms with Gasteiger partial charge in [0.25, 0.3) is 5.56 Å². The van der Waals surface area contributed by atoms with E-state index in [4.69, 9.17) is 0 Å². The topological polar surface area (TPSA) is 95.1 Å². The van der Waals surface area contributed by atoms with E-state index < -0.39 is 0 Å². The van der Waals surface area contributed by atoms with Crippen LogP contribution in [0.2, 0.25) is 0 Å². The largest absolute Gasteiger partial charge is 0.506 e. The van der Waals surface area contributed by atoms with Crippen LogP contribution in [0, 0.1) is 6.92 Å². The Morgan fingerprint density at radius 1 is 1.23 bits per heavy atom. The highest BCUT2D eigenvalue weighted by Crippen LogP contribution is 2.32. The fraction of sp³-hybridized carbons (Fsp3) is 0.174. The first kappa shape index (κ1) is 21.1. The van der Waals surface area contributed by atoms with E-state index in [1.54, 1.807) is 12.1 Å². The van der Waals surface area contributed by atoms with Gasteiger partial charge >= 0.3 is 0 Å². The summed E-state index contributed by atoms with van der Waals surface area (Å²) in [5.41, 5.74) is 4.15. The second kappa shape index (κ2) is 8.95. The molecule has 0 bridgehead atoms. The summed E-state index contributed by atoms with van der Waals surface area (Å²) in [6, 6.07) is 13.2. The van der Waals surface area contributed by atoms with Gasteiger partial charge in [0.15, 0.2) is 5.16 Å². The Morgan fingerprint density at radius 3 is 2.74 bits per heavy atom. The Hall–Kier alpha value is -3.10. The SMILES string of the molecule is CCc1ccc(-c2csc3nc(SCC(=O)Nc4cc(C)ccc4O)[nH]c(=O)c23)cc1. The van der Waals surface area contributed by atoms with Crippen LogP contribution in [0.5, 0.6) is 5.75 Å². The number of nitrogens with one attached hydrogen (secondary N) is 2. The lowest BCUT2D eigenvalue weighted by atomic mass is 10.0. The van der Waals surface area contributed by atoms with Gasteiger partial charge < -0.3 is 15.4 Å². The third-order valence-corrected chi connectivity index (χ3v) is 6.61. The first-order chi connectivity index (χ1) is 14.9. The van der Waals surface area contributed by atoms with E-state index in [0.29, 0.717) is 21.1 Å². The zero-order chi connectivity index (χ0) is 22.0. The molecule has 4 rings (SSSR count). The number of benzene rings is 2. The van der Waals surface area contributed by atoms with Crippen molar-refractivity contribution >= 4 is 44.9 Å². The van der Waals surface area contributed by atoms with Crippen LogP contribution < -0.4 is 10.9 Å². The van der Waals surface area contributed by atoms with Crippen molar-refractivity contribution in [3.8, 4) is 16.9 Å². The van der Waals surface area contributed by atoms with E-state index in [1.165, 1.54) is 23.0 Å². The molecule has 1 amide bonds. The summed E-state index contributed by atoms with van der Waals surface area (Å²) < 4.78 is 0. The number of aromatic amines is 1. The Morgan fingerprint density at radius 2 is 2.00 bits per heavy atom. The fourth-order valence-corrected chi connectivity index (χ4v) is 4.87. The number of nitrogens with zero attached hydrogens (tertiary/aromatic N) is 1. The van der Waals surface area contributed by atoms with Gasteiger partial charge in [-0.3, -0.25) is 9.59 Å². The molecule has 0 atom stereocenters. The minimum atomic E-state index is -0.295. The zero-order valence-electron chi connectivity index (χ0n) is 17.1. The molecule has 0 saturated heterocycles. The summed E-state index contributed by atoms with van der Waals surface area (Å²) in [4.78, 5) is 33.0. The molecule has 0 aliphatic rings. The lowest BCUT2D eigenvalue weighted by Gasteiger charge is -2.08. The molecule has 0 aliphatic heterocycles. The van der Waals surface area contributed by atoms with E-state index in [9.17, 15) is 14.7 Å². The van der Waals surface area contributed by atoms with Crippen LogP contribution in [0.15, 0.2) is 57.8 Å². The van der Waals surface area contributed by atoms with E-state index in [-0.39, 0.29) is 23.0 Å². The number of hydrogen-bond acceptors (Lipinski definition) is 6. The molecule has 2 aromatic heterocycles. The number of aryl methyl sites for hydroxylation is 2. The number of carbonyl (C=O) groups excluding carboxylic acids is 1. The van der Waals surface area contributed by atoms with Crippen molar-refractivity contribution < 1.29 is 9.90 Å². The summed E-state index contributed by atoms with van der Waals surface area (Å²) in [6.45, 7) is 3.98. The van der Waals surface area contributed by atoms with Crippen molar-refractivity contribution in [2.75, 3.05) is 11.1 Å². The monoisotopic (exact) mass is 451 g/mol. The van der Waals surface area contributed by atoms with Gasteiger partial charge in [-0.05, 0) is 42.2 Å². The van der Waals surface area contributed by atoms with Crippen molar-refractivity contribution in [2.24, 2.45) is 0 Å². The molecule has 6 nitrogen and oxygen atoms in total. The van der Waals surface area contributed by atoms with Crippen molar-refractivity contribution in [1.82, 2.24) is 9.97 Å². The standard InChI is InChI=1S/C23H21N3O3S2/c1-3-14-5-7-15(8-6-14)16-11-30-22-20(16)21(29)25-23(26-22)31-12-19(28)24-17-10-13(2)4-9-18(17)27/h4-11,27H,3,12H2,1-2H3,(H,24,28)(H,25,26,29). The van der Waals surface area contributed by atoms with E-state index in [2.05, 4.69) is 34.3 Å². The molecule has 0 aliphatic carbocycles. The van der Waals surface area contributed by atoms with Crippen molar-refractivity contribution in [1.29, 1.82) is 0 Å². The summed E-state index contributed by atoms with van der Waals surface area (Å²) in [5.74, 6) is -0.232. The number of rotatable bonds is 6. The third-order valence-electron chi connectivity index (χ3n) is 4.86. The van der Waals surface area contributed by atoms with E-state index >= 15 is 0 Å². The average molecular weight is 452 g/mol.